The summed E-state index contributed by atoms with van der Waals surface area (Å²) in [5.74, 6) is 0. The third-order valence-corrected chi connectivity index (χ3v) is 3.71. The molecule has 90 valence electrons. The number of nitrogens with one attached hydrogen (secondary N) is 1. The maximum absolute atomic E-state index is 8.71. The van der Waals surface area contributed by atoms with Gasteiger partial charge in [0.1, 0.15) is 0 Å². The molecule has 0 atom stereocenters. The Morgan fingerprint density at radius 1 is 1.17 bits per heavy atom. The monoisotopic (exact) mass is 320 g/mol. The molecule has 0 saturated heterocycles. The van der Waals surface area contributed by atoms with E-state index in [4.69, 9.17) is 16.9 Å². The molecule has 0 radical (unpaired) electrons. The number of benzene rings is 2. The van der Waals surface area contributed by atoms with E-state index in [-0.39, 0.29) is 0 Å². The molecule has 0 bridgehead atoms. The van der Waals surface area contributed by atoms with Crippen molar-refractivity contribution in [2.45, 2.75) is 6.54 Å². The van der Waals surface area contributed by atoms with Gasteiger partial charge >= 0.3 is 0 Å². The number of hydrogen-bond donors (Lipinski definition) is 1. The third kappa shape index (κ3) is 3.25. The van der Waals surface area contributed by atoms with E-state index in [0.717, 1.165) is 15.7 Å². The molecule has 0 fully saturated rings. The summed E-state index contributed by atoms with van der Waals surface area (Å²) in [6.45, 7) is 0.708. The first-order valence-electron chi connectivity index (χ1n) is 5.37. The largest absolute Gasteiger partial charge is 0.381 e. The third-order valence-electron chi connectivity index (χ3n) is 2.50. The van der Waals surface area contributed by atoms with Crippen LogP contribution in [0.15, 0.2) is 46.9 Å². The fraction of sp³-hybridized carbons (Fsp3) is 0.0714. The Kier molecular flexibility index (Phi) is 4.24. The van der Waals surface area contributed by atoms with Crippen LogP contribution in [0.1, 0.15) is 11.1 Å². The molecule has 4 heteroatoms. The van der Waals surface area contributed by atoms with Gasteiger partial charge in [0.15, 0.2) is 0 Å². The standard InChI is InChI=1S/C14H10BrClN2/c15-13-7-12(5-6-14(13)16)18-9-11-3-1-10(8-17)2-4-11/h1-7,18H,9H2. The molecule has 18 heavy (non-hydrogen) atoms. The van der Waals surface area contributed by atoms with Gasteiger partial charge in [-0.25, -0.2) is 0 Å². The number of hydrogen-bond acceptors (Lipinski definition) is 2. The highest BCUT2D eigenvalue weighted by Gasteiger charge is 1.99. The lowest BCUT2D eigenvalue weighted by atomic mass is 10.1. The average Bonchev–Trinajstić information content (AvgIpc) is 2.41. The summed E-state index contributed by atoms with van der Waals surface area (Å²) in [4.78, 5) is 0. The minimum atomic E-state index is 0.674. The van der Waals surface area contributed by atoms with Crippen molar-refractivity contribution in [3.05, 3.63) is 63.1 Å². The summed E-state index contributed by atoms with van der Waals surface area (Å²) in [7, 11) is 0. The molecular weight excluding hydrogens is 312 g/mol. The summed E-state index contributed by atoms with van der Waals surface area (Å²) in [5, 5.41) is 12.7. The number of anilines is 1. The van der Waals surface area contributed by atoms with Gasteiger partial charge in [0.25, 0.3) is 0 Å². The summed E-state index contributed by atoms with van der Waals surface area (Å²) < 4.78 is 0.869. The second kappa shape index (κ2) is 5.90. The fourth-order valence-corrected chi connectivity index (χ4v) is 2.00. The van der Waals surface area contributed by atoms with E-state index in [1.54, 1.807) is 0 Å². The summed E-state index contributed by atoms with van der Waals surface area (Å²) in [6.07, 6.45) is 0. The first-order valence-corrected chi connectivity index (χ1v) is 6.54. The topological polar surface area (TPSA) is 35.8 Å². The van der Waals surface area contributed by atoms with E-state index < -0.39 is 0 Å². The quantitative estimate of drug-likeness (QED) is 0.897. The highest BCUT2D eigenvalue weighted by atomic mass is 79.9. The van der Waals surface area contributed by atoms with Gasteiger partial charge in [-0.2, -0.15) is 5.26 Å². The summed E-state index contributed by atoms with van der Waals surface area (Å²) in [5.41, 5.74) is 2.80. The lowest BCUT2D eigenvalue weighted by molar-refractivity contribution is 1.15. The second-order valence-corrected chi connectivity index (χ2v) is 5.05. The van der Waals surface area contributed by atoms with Gasteiger partial charge < -0.3 is 5.32 Å². The first kappa shape index (κ1) is 12.9. The highest BCUT2D eigenvalue weighted by molar-refractivity contribution is 9.10. The first-order chi connectivity index (χ1) is 8.69. The highest BCUT2D eigenvalue weighted by Crippen LogP contribution is 2.25. The molecule has 0 heterocycles. The lowest BCUT2D eigenvalue weighted by Crippen LogP contribution is -1.99. The number of halogens is 2. The molecule has 0 aromatic heterocycles. The van der Waals surface area contributed by atoms with Crippen molar-refractivity contribution in [3.63, 3.8) is 0 Å². The van der Waals surface area contributed by atoms with Gasteiger partial charge in [-0.3, -0.25) is 0 Å². The SMILES string of the molecule is N#Cc1ccc(CNc2ccc(Cl)c(Br)c2)cc1. The smallest absolute Gasteiger partial charge is 0.0991 e. The van der Waals surface area contributed by atoms with Crippen molar-refractivity contribution in [2.75, 3.05) is 5.32 Å². The number of nitrogens with zero attached hydrogens (tertiary/aromatic N) is 1. The van der Waals surface area contributed by atoms with Crippen LogP contribution in [0.25, 0.3) is 0 Å². The molecule has 0 aliphatic carbocycles. The Balaban J connectivity index is 2.02. The summed E-state index contributed by atoms with van der Waals surface area (Å²) in [6, 6.07) is 15.3. The van der Waals surface area contributed by atoms with Crippen molar-refractivity contribution in [1.82, 2.24) is 0 Å². The van der Waals surface area contributed by atoms with Gasteiger partial charge in [0.2, 0.25) is 0 Å². The molecule has 2 aromatic carbocycles. The van der Waals surface area contributed by atoms with Gasteiger partial charge in [-0.05, 0) is 51.8 Å². The molecule has 0 amide bonds. The van der Waals surface area contributed by atoms with Crippen LogP contribution < -0.4 is 5.32 Å². The van der Waals surface area contributed by atoms with Crippen LogP contribution >= 0.6 is 27.5 Å². The molecule has 0 aliphatic rings. The predicted molar refractivity (Wildman–Crippen MR) is 77.6 cm³/mol. The van der Waals surface area contributed by atoms with Gasteiger partial charge in [0.05, 0.1) is 16.7 Å². The Hall–Kier alpha value is -1.50. The van der Waals surface area contributed by atoms with E-state index in [1.807, 2.05) is 42.5 Å². The zero-order valence-electron chi connectivity index (χ0n) is 9.45. The van der Waals surface area contributed by atoms with Crippen molar-refractivity contribution < 1.29 is 0 Å². The Morgan fingerprint density at radius 3 is 2.50 bits per heavy atom. The van der Waals surface area contributed by atoms with Crippen LogP contribution in [-0.2, 0) is 6.54 Å². The molecule has 0 saturated carbocycles. The van der Waals surface area contributed by atoms with Crippen molar-refractivity contribution in [3.8, 4) is 6.07 Å². The lowest BCUT2D eigenvalue weighted by Gasteiger charge is -2.07. The molecule has 1 N–H and O–H groups in total. The van der Waals surface area contributed by atoms with E-state index >= 15 is 0 Å². The van der Waals surface area contributed by atoms with Crippen molar-refractivity contribution in [1.29, 1.82) is 5.26 Å². The van der Waals surface area contributed by atoms with Crippen LogP contribution in [-0.4, -0.2) is 0 Å². The summed E-state index contributed by atoms with van der Waals surface area (Å²) >= 11 is 9.31. The van der Waals surface area contributed by atoms with Crippen LogP contribution in [0.2, 0.25) is 5.02 Å². The minimum absolute atomic E-state index is 0.674. The maximum atomic E-state index is 8.71. The Bertz CT molecular complexity index is 588. The minimum Gasteiger partial charge on any atom is -0.381 e. The van der Waals surface area contributed by atoms with Crippen LogP contribution in [0.4, 0.5) is 5.69 Å². The molecule has 0 aliphatic heterocycles. The van der Waals surface area contributed by atoms with E-state index in [2.05, 4.69) is 27.3 Å². The van der Waals surface area contributed by atoms with E-state index in [9.17, 15) is 0 Å². The molecule has 2 nitrogen and oxygen atoms in total. The van der Waals surface area contributed by atoms with Crippen molar-refractivity contribution in [2.24, 2.45) is 0 Å². The average molecular weight is 322 g/mol. The molecule has 2 rings (SSSR count). The van der Waals surface area contributed by atoms with Crippen LogP contribution in [0.3, 0.4) is 0 Å². The number of nitriles is 1. The van der Waals surface area contributed by atoms with Gasteiger partial charge in [-0.1, -0.05) is 23.7 Å². The fourth-order valence-electron chi connectivity index (χ4n) is 1.51. The normalized spacial score (nSPS) is 9.83. The van der Waals surface area contributed by atoms with Gasteiger partial charge in [-0.15, -0.1) is 0 Å². The van der Waals surface area contributed by atoms with Crippen LogP contribution in [0, 0.1) is 11.3 Å². The van der Waals surface area contributed by atoms with E-state index in [1.165, 1.54) is 0 Å². The number of rotatable bonds is 3. The second-order valence-electron chi connectivity index (χ2n) is 3.79. The molecule has 0 unspecified atom stereocenters. The molecular formula is C14H10BrClN2. The van der Waals surface area contributed by atoms with E-state index in [0.29, 0.717) is 17.1 Å². The molecule has 2 aromatic rings. The van der Waals surface area contributed by atoms with Gasteiger partial charge in [0, 0.05) is 16.7 Å². The Labute approximate surface area is 119 Å². The predicted octanol–water partition coefficient (Wildman–Crippen LogP) is 4.59. The maximum Gasteiger partial charge on any atom is 0.0991 e. The zero-order chi connectivity index (χ0) is 13.0. The Morgan fingerprint density at radius 2 is 1.89 bits per heavy atom. The van der Waals surface area contributed by atoms with Crippen LogP contribution in [0.5, 0.6) is 0 Å². The molecule has 0 spiro atoms. The zero-order valence-corrected chi connectivity index (χ0v) is 11.8. The van der Waals surface area contributed by atoms with Crippen molar-refractivity contribution >= 4 is 33.2 Å².